The van der Waals surface area contributed by atoms with E-state index in [-0.39, 0.29) is 43.2 Å². The maximum Gasteiger partial charge on any atom is 0.236 e. The monoisotopic (exact) mass is 817 g/mol. The van der Waals surface area contributed by atoms with Crippen molar-refractivity contribution in [2.75, 3.05) is 0 Å². The Morgan fingerprint density at radius 1 is 0.333 bits per heavy atom. The van der Waals surface area contributed by atoms with Crippen LogP contribution in [0.3, 0.4) is 0 Å². The molecule has 0 saturated carbocycles. The number of fused-ring (bicyclic) bond motifs is 7. The number of phenols is 9. The summed E-state index contributed by atoms with van der Waals surface area (Å²) in [6.45, 7) is 0. The van der Waals surface area contributed by atoms with E-state index in [1.54, 1.807) is 6.07 Å². The maximum atomic E-state index is 12.1. The molecule has 14 nitrogen and oxygen atoms in total. The molecule has 15 heteroatoms. The van der Waals surface area contributed by atoms with Gasteiger partial charge < -0.3 is 46.0 Å². The van der Waals surface area contributed by atoms with Crippen LogP contribution in [0.25, 0.3) is 87.7 Å². The molecule has 294 valence electrons. The van der Waals surface area contributed by atoms with Crippen LogP contribution in [0.1, 0.15) is 0 Å². The molecule has 1 aliphatic rings. The fourth-order valence-electron chi connectivity index (χ4n) is 7.39. The first kappa shape index (κ1) is 35.9. The lowest BCUT2D eigenvalue weighted by Crippen LogP contribution is -2.09. The molecule has 2 aromatic heterocycles. The third-order valence-corrected chi connectivity index (χ3v) is 11.5. The average Bonchev–Trinajstić information content (AvgIpc) is 3.70. The lowest BCUT2D eigenvalue weighted by Gasteiger charge is -2.23. The Morgan fingerprint density at radius 2 is 0.783 bits per heavy atom. The molecule has 1 aliphatic heterocycles. The zero-order valence-electron chi connectivity index (χ0n) is 30.5. The molecule has 0 fully saturated rings. The van der Waals surface area contributed by atoms with E-state index in [1.807, 2.05) is 103 Å². The predicted molar refractivity (Wildman–Crippen MR) is 222 cm³/mol. The number of phenolic OH excluding ortho intramolecular Hbond substituents is 9. The lowest BCUT2D eigenvalue weighted by atomic mass is 9.96. The molecule has 0 atom stereocenters. The quantitative estimate of drug-likeness (QED) is 0.0447. The zero-order chi connectivity index (χ0) is 41.6. The third kappa shape index (κ3) is 5.30. The summed E-state index contributed by atoms with van der Waals surface area (Å²) < 4.78 is -0.241. The van der Waals surface area contributed by atoms with E-state index in [4.69, 9.17) is 19.7 Å². The zero-order valence-corrected chi connectivity index (χ0v) is 31.3. The minimum atomic E-state index is -1.14. The summed E-state index contributed by atoms with van der Waals surface area (Å²) in [5, 5.41) is 99.5. The lowest BCUT2D eigenvalue weighted by molar-refractivity contribution is -0.106. The number of hydrogen-bond donors (Lipinski definition) is 9. The molecule has 7 aromatic carbocycles. The van der Waals surface area contributed by atoms with Gasteiger partial charge in [-0.1, -0.05) is 103 Å². The molecular weight excluding hydrogens is 791 g/mol. The largest absolute Gasteiger partial charge is 0.506 e. The van der Waals surface area contributed by atoms with E-state index in [0.717, 1.165) is 22.3 Å². The first-order valence-corrected chi connectivity index (χ1v) is 18.9. The highest BCUT2D eigenvalue weighted by molar-refractivity contribution is 7.27. The Kier molecular flexibility index (Phi) is 7.98. The molecule has 0 amide bonds. The molecule has 0 spiro atoms. The predicted octanol–water partition coefficient (Wildman–Crippen LogP) is 9.28. The van der Waals surface area contributed by atoms with Gasteiger partial charge in [0, 0.05) is 11.1 Å². The molecule has 9 aromatic rings. The number of hydrogen-bond acceptors (Lipinski definition) is 15. The van der Waals surface area contributed by atoms with Crippen molar-refractivity contribution in [2.45, 2.75) is 0 Å². The highest BCUT2D eigenvalue weighted by Crippen LogP contribution is 2.66. The van der Waals surface area contributed by atoms with Gasteiger partial charge in [0.2, 0.25) is 34.5 Å². The van der Waals surface area contributed by atoms with Crippen molar-refractivity contribution in [3.05, 3.63) is 109 Å². The minimum Gasteiger partial charge on any atom is -0.506 e. The van der Waals surface area contributed by atoms with Crippen molar-refractivity contribution in [2.24, 2.45) is 0 Å². The molecule has 60 heavy (non-hydrogen) atoms. The third-order valence-electron chi connectivity index (χ3n) is 10.3. The van der Waals surface area contributed by atoms with Crippen molar-refractivity contribution in [1.82, 2.24) is 15.0 Å². The number of nitrogens with zero attached hydrogens (tertiary/aromatic N) is 3. The molecule has 0 saturated heterocycles. The second-order valence-electron chi connectivity index (χ2n) is 13.8. The molecule has 0 unspecified atom stereocenters. The smallest absolute Gasteiger partial charge is 0.236 e. The van der Waals surface area contributed by atoms with E-state index in [1.165, 1.54) is 0 Å². The fraction of sp³-hybridized carbons (Fsp3) is 0. The molecule has 0 aliphatic carbocycles. The summed E-state index contributed by atoms with van der Waals surface area (Å²) in [4.78, 5) is 24.4. The summed E-state index contributed by atoms with van der Waals surface area (Å²) in [5.41, 5.74) is 3.72. The Morgan fingerprint density at radius 3 is 1.45 bits per heavy atom. The topological polar surface area (TPSA) is 239 Å². The van der Waals surface area contributed by atoms with Crippen LogP contribution in [-0.2, 0) is 0 Å². The molecular formula is C45H27N3O11S. The van der Waals surface area contributed by atoms with E-state index >= 15 is 0 Å². The van der Waals surface area contributed by atoms with Crippen LogP contribution >= 0.6 is 11.3 Å². The van der Waals surface area contributed by atoms with Gasteiger partial charge in [0.25, 0.3) is 0 Å². The second kappa shape index (κ2) is 13.3. The summed E-state index contributed by atoms with van der Waals surface area (Å²) in [6, 6.07) is 34.3. The Bertz CT molecular complexity index is 3250. The van der Waals surface area contributed by atoms with Crippen molar-refractivity contribution in [3.63, 3.8) is 0 Å². The Labute approximate surface area is 341 Å². The van der Waals surface area contributed by atoms with Crippen molar-refractivity contribution in [1.29, 1.82) is 0 Å². The van der Waals surface area contributed by atoms with E-state index in [9.17, 15) is 46.0 Å². The molecule has 9 N–H and O–H groups in total. The van der Waals surface area contributed by atoms with Gasteiger partial charge in [0.05, 0.1) is 31.3 Å². The number of benzene rings is 7. The minimum absolute atomic E-state index is 0.0879. The number of thiophene rings is 1. The number of aromatic nitrogens is 3. The Hall–Kier alpha value is -8.43. The first-order valence-electron chi connectivity index (χ1n) is 18.1. The normalized spacial score (nSPS) is 11.9. The van der Waals surface area contributed by atoms with Gasteiger partial charge >= 0.3 is 0 Å². The van der Waals surface area contributed by atoms with Gasteiger partial charge in [-0.3, -0.25) is 9.78 Å². The highest BCUT2D eigenvalue weighted by Gasteiger charge is 2.39. The molecule has 3 heterocycles. The summed E-state index contributed by atoms with van der Waals surface area (Å²) in [7, 11) is 0. The van der Waals surface area contributed by atoms with Gasteiger partial charge in [-0.05, 0) is 28.3 Å². The van der Waals surface area contributed by atoms with Crippen molar-refractivity contribution in [3.8, 4) is 131 Å². The summed E-state index contributed by atoms with van der Waals surface area (Å²) in [5.74, 6) is -9.66. The maximum absolute atomic E-state index is 12.1. The molecule has 0 radical (unpaired) electrons. The fourth-order valence-corrected chi connectivity index (χ4v) is 8.69. The van der Waals surface area contributed by atoms with E-state index in [0.29, 0.717) is 22.5 Å². The van der Waals surface area contributed by atoms with Crippen LogP contribution < -0.4 is 9.78 Å². The Balaban J connectivity index is 1.22. The van der Waals surface area contributed by atoms with Crippen LogP contribution in [-0.4, -0.2) is 60.9 Å². The van der Waals surface area contributed by atoms with E-state index < -0.39 is 74.4 Å². The number of rotatable bonds is 5. The van der Waals surface area contributed by atoms with Crippen LogP contribution in [0.5, 0.6) is 63.2 Å². The van der Waals surface area contributed by atoms with Crippen LogP contribution in [0, 0.1) is 0 Å². The molecule has 10 rings (SSSR count). The van der Waals surface area contributed by atoms with Crippen LogP contribution in [0.2, 0.25) is 0 Å². The van der Waals surface area contributed by atoms with Gasteiger partial charge in [-0.15, -0.1) is 11.3 Å². The SMILES string of the molecule is Oc1c(O)c(O)c2c(c1O)OOc1c(O)c(O)c3c(sc4c(O)c(-c5nc(-c6ccc(-c7ccccc7)cc6)nc(-c6cccc(-c7ccccc7)c6)n5)c(O)c(O)c43)c1-2. The summed E-state index contributed by atoms with van der Waals surface area (Å²) in [6.07, 6.45) is 0. The van der Waals surface area contributed by atoms with Gasteiger partial charge in [-0.25, -0.2) is 15.0 Å². The average molecular weight is 818 g/mol. The summed E-state index contributed by atoms with van der Waals surface area (Å²) >= 11 is 0.710. The van der Waals surface area contributed by atoms with Crippen molar-refractivity contribution >= 4 is 31.5 Å². The van der Waals surface area contributed by atoms with Crippen molar-refractivity contribution < 1.29 is 55.7 Å². The number of aromatic hydroxyl groups is 9. The van der Waals surface area contributed by atoms with E-state index in [2.05, 4.69) is 4.98 Å². The van der Waals surface area contributed by atoms with Gasteiger partial charge in [0.1, 0.15) is 11.3 Å². The second-order valence-corrected chi connectivity index (χ2v) is 14.8. The highest BCUT2D eigenvalue weighted by atomic mass is 32.1. The van der Waals surface area contributed by atoms with Gasteiger partial charge in [0.15, 0.2) is 40.5 Å². The van der Waals surface area contributed by atoms with Crippen LogP contribution in [0.4, 0.5) is 0 Å². The standard InChI is InChI=1S/C45H27N3O11S/c49-30-25-28-40(59-58-39(25)38(57)36(55)35(30)54)37(56)32(51)26-27-31(50)33(52)29(34(53)42(27)60-41(26)28)45-47-43(22-16-14-21(15-17-22)19-8-3-1-4-9-19)46-44(48-45)24-13-7-12-23(18-24)20-10-5-2-6-11-20/h1-18,49-57H. The van der Waals surface area contributed by atoms with Gasteiger partial charge in [-0.2, -0.15) is 0 Å². The van der Waals surface area contributed by atoms with Crippen LogP contribution in [0.15, 0.2) is 109 Å². The first-order chi connectivity index (χ1) is 29.0. The molecule has 0 bridgehead atoms.